The predicted molar refractivity (Wildman–Crippen MR) is 86.5 cm³/mol. The Kier molecular flexibility index (Phi) is 5.39. The Hall–Kier alpha value is -0.240. The zero-order chi connectivity index (χ0) is 14.8. The highest BCUT2D eigenvalue weighted by Crippen LogP contribution is 2.37. The third-order valence-corrected chi connectivity index (χ3v) is 5.55. The van der Waals surface area contributed by atoms with Gasteiger partial charge in [0.05, 0.1) is 15.6 Å². The van der Waals surface area contributed by atoms with Crippen LogP contribution in [-0.2, 0) is 6.42 Å². The number of rotatable bonds is 3. The van der Waals surface area contributed by atoms with Crippen LogP contribution in [0.2, 0.25) is 10.0 Å². The smallest absolute Gasteiger partial charge is 0.0688 e. The molecule has 1 N–H and O–H groups in total. The highest BCUT2D eigenvalue weighted by atomic mass is 35.5. The van der Waals surface area contributed by atoms with E-state index in [-0.39, 0.29) is 0 Å². The Morgan fingerprint density at radius 1 is 1.25 bits per heavy atom. The summed E-state index contributed by atoms with van der Waals surface area (Å²) in [5, 5.41) is 12.1. The van der Waals surface area contributed by atoms with Gasteiger partial charge in [-0.1, -0.05) is 62.0 Å². The van der Waals surface area contributed by atoms with Gasteiger partial charge in [0, 0.05) is 6.42 Å². The highest BCUT2D eigenvalue weighted by molar-refractivity contribution is 6.42. The summed E-state index contributed by atoms with van der Waals surface area (Å²) in [7, 11) is 0. The Bertz CT molecular complexity index is 458. The molecule has 20 heavy (non-hydrogen) atoms. The largest absolute Gasteiger partial charge is 0.390 e. The number of hydrogen-bond acceptors (Lipinski definition) is 1. The topological polar surface area (TPSA) is 20.2 Å². The molecule has 0 aliphatic heterocycles. The Labute approximate surface area is 132 Å². The van der Waals surface area contributed by atoms with Crippen LogP contribution in [0, 0.1) is 11.8 Å². The van der Waals surface area contributed by atoms with Crippen LogP contribution in [0.1, 0.15) is 51.5 Å². The first-order valence-electron chi connectivity index (χ1n) is 7.56. The lowest BCUT2D eigenvalue weighted by atomic mass is 9.85. The predicted octanol–water partition coefficient (Wildman–Crippen LogP) is 5.50. The quantitative estimate of drug-likeness (QED) is 0.730. The Morgan fingerprint density at radius 3 is 2.70 bits per heavy atom. The van der Waals surface area contributed by atoms with Gasteiger partial charge in [0.15, 0.2) is 0 Å². The second kappa shape index (κ2) is 6.68. The van der Waals surface area contributed by atoms with E-state index in [1.165, 1.54) is 6.42 Å². The summed E-state index contributed by atoms with van der Waals surface area (Å²) >= 11 is 12.3. The third kappa shape index (κ3) is 3.90. The maximum atomic E-state index is 10.9. The van der Waals surface area contributed by atoms with Gasteiger partial charge >= 0.3 is 0 Å². The molecule has 0 bridgehead atoms. The standard InChI is InChI=1S/C17H24Cl2O/c1-12(2)13-6-4-9-17(20,10-8-13)11-14-5-3-7-15(18)16(14)19/h3,5,7,12-13,20H,4,6,8-11H2,1-2H3. The van der Waals surface area contributed by atoms with Gasteiger partial charge in [0.25, 0.3) is 0 Å². The van der Waals surface area contributed by atoms with Crippen molar-refractivity contribution in [2.75, 3.05) is 0 Å². The van der Waals surface area contributed by atoms with E-state index in [2.05, 4.69) is 13.8 Å². The third-order valence-electron chi connectivity index (χ3n) is 4.69. The molecule has 1 saturated carbocycles. The second-order valence-electron chi connectivity index (χ2n) is 6.55. The van der Waals surface area contributed by atoms with Crippen LogP contribution in [-0.4, -0.2) is 10.7 Å². The molecule has 1 nitrogen and oxygen atoms in total. The second-order valence-corrected chi connectivity index (χ2v) is 7.33. The molecule has 0 saturated heterocycles. The van der Waals surface area contributed by atoms with Crippen molar-refractivity contribution >= 4 is 23.2 Å². The van der Waals surface area contributed by atoms with Crippen LogP contribution >= 0.6 is 23.2 Å². The molecule has 1 aliphatic rings. The molecule has 0 heterocycles. The van der Waals surface area contributed by atoms with Crippen molar-refractivity contribution in [3.8, 4) is 0 Å². The van der Waals surface area contributed by atoms with Gasteiger partial charge in [0.2, 0.25) is 0 Å². The van der Waals surface area contributed by atoms with Crippen LogP contribution in [0.5, 0.6) is 0 Å². The average Bonchev–Trinajstić information content (AvgIpc) is 2.57. The average molecular weight is 315 g/mol. The normalized spacial score (nSPS) is 27.6. The molecule has 112 valence electrons. The van der Waals surface area contributed by atoms with Crippen LogP contribution < -0.4 is 0 Å². The van der Waals surface area contributed by atoms with Crippen molar-refractivity contribution in [1.29, 1.82) is 0 Å². The first kappa shape index (κ1) is 16.1. The minimum atomic E-state index is -0.627. The summed E-state index contributed by atoms with van der Waals surface area (Å²) in [5.74, 6) is 1.44. The fourth-order valence-electron chi connectivity index (χ4n) is 3.30. The van der Waals surface area contributed by atoms with Gasteiger partial charge in [-0.05, 0) is 42.7 Å². The summed E-state index contributed by atoms with van der Waals surface area (Å²) in [5.41, 5.74) is 0.336. The van der Waals surface area contributed by atoms with Crippen LogP contribution in [0.4, 0.5) is 0 Å². The van der Waals surface area contributed by atoms with Crippen molar-refractivity contribution in [2.45, 2.75) is 58.0 Å². The van der Waals surface area contributed by atoms with Gasteiger partial charge in [-0.3, -0.25) is 0 Å². The van der Waals surface area contributed by atoms with E-state index >= 15 is 0 Å². The molecule has 1 aromatic carbocycles. The number of halogens is 2. The lowest BCUT2D eigenvalue weighted by molar-refractivity contribution is 0.0237. The maximum Gasteiger partial charge on any atom is 0.0688 e. The van der Waals surface area contributed by atoms with E-state index in [4.69, 9.17) is 23.2 Å². The zero-order valence-electron chi connectivity index (χ0n) is 12.3. The first-order chi connectivity index (χ1) is 9.41. The lowest BCUT2D eigenvalue weighted by Crippen LogP contribution is -2.31. The molecular formula is C17H24Cl2O. The van der Waals surface area contributed by atoms with E-state index in [1.54, 1.807) is 6.07 Å². The molecule has 0 radical (unpaired) electrons. The van der Waals surface area contributed by atoms with Crippen molar-refractivity contribution in [1.82, 2.24) is 0 Å². The molecule has 2 rings (SSSR count). The monoisotopic (exact) mass is 314 g/mol. The van der Waals surface area contributed by atoms with E-state index in [0.717, 1.165) is 37.2 Å². The van der Waals surface area contributed by atoms with Gasteiger partial charge in [-0.2, -0.15) is 0 Å². The molecule has 2 atom stereocenters. The molecule has 3 heteroatoms. The Morgan fingerprint density at radius 2 is 2.00 bits per heavy atom. The lowest BCUT2D eigenvalue weighted by Gasteiger charge is -2.28. The molecule has 0 aromatic heterocycles. The Balaban J connectivity index is 2.09. The fraction of sp³-hybridized carbons (Fsp3) is 0.647. The molecule has 0 spiro atoms. The van der Waals surface area contributed by atoms with Gasteiger partial charge < -0.3 is 5.11 Å². The minimum absolute atomic E-state index is 0.571. The number of aliphatic hydroxyl groups is 1. The molecule has 0 amide bonds. The molecule has 1 aromatic rings. The van der Waals surface area contributed by atoms with Gasteiger partial charge in [0.1, 0.15) is 0 Å². The zero-order valence-corrected chi connectivity index (χ0v) is 13.8. The maximum absolute atomic E-state index is 10.9. The summed E-state index contributed by atoms with van der Waals surface area (Å²) < 4.78 is 0. The molecular weight excluding hydrogens is 291 g/mol. The molecule has 2 unspecified atom stereocenters. The summed E-state index contributed by atoms with van der Waals surface area (Å²) in [6, 6.07) is 5.66. The van der Waals surface area contributed by atoms with Crippen LogP contribution in [0.3, 0.4) is 0 Å². The summed E-state index contributed by atoms with van der Waals surface area (Å²) in [6.45, 7) is 4.56. The van der Waals surface area contributed by atoms with E-state index < -0.39 is 5.60 Å². The van der Waals surface area contributed by atoms with Crippen LogP contribution in [0.25, 0.3) is 0 Å². The molecule has 1 fully saturated rings. The van der Waals surface area contributed by atoms with E-state index in [9.17, 15) is 5.11 Å². The highest BCUT2D eigenvalue weighted by Gasteiger charge is 2.32. The van der Waals surface area contributed by atoms with E-state index in [0.29, 0.717) is 22.4 Å². The SMILES string of the molecule is CC(C)C1CCCC(O)(Cc2cccc(Cl)c2Cl)CC1. The van der Waals surface area contributed by atoms with Gasteiger partial charge in [-0.15, -0.1) is 0 Å². The minimum Gasteiger partial charge on any atom is -0.390 e. The van der Waals surface area contributed by atoms with Crippen molar-refractivity contribution in [3.63, 3.8) is 0 Å². The van der Waals surface area contributed by atoms with Crippen molar-refractivity contribution in [2.24, 2.45) is 11.8 Å². The fourth-order valence-corrected chi connectivity index (χ4v) is 3.69. The van der Waals surface area contributed by atoms with Crippen molar-refractivity contribution in [3.05, 3.63) is 33.8 Å². The first-order valence-corrected chi connectivity index (χ1v) is 8.32. The number of hydrogen-bond donors (Lipinski definition) is 1. The van der Waals surface area contributed by atoms with Gasteiger partial charge in [-0.25, -0.2) is 0 Å². The summed E-state index contributed by atoms with van der Waals surface area (Å²) in [6.07, 6.45) is 5.75. The number of benzene rings is 1. The van der Waals surface area contributed by atoms with Crippen molar-refractivity contribution < 1.29 is 5.11 Å². The molecule has 1 aliphatic carbocycles. The summed E-state index contributed by atoms with van der Waals surface area (Å²) in [4.78, 5) is 0. The van der Waals surface area contributed by atoms with E-state index in [1.807, 2.05) is 12.1 Å². The van der Waals surface area contributed by atoms with Crippen LogP contribution in [0.15, 0.2) is 18.2 Å².